The van der Waals surface area contributed by atoms with Gasteiger partial charge in [0.05, 0.1) is 17.1 Å². The summed E-state index contributed by atoms with van der Waals surface area (Å²) in [7, 11) is 0. The fourth-order valence-electron chi connectivity index (χ4n) is 5.89. The fourth-order valence-corrected chi connectivity index (χ4v) is 5.89. The third kappa shape index (κ3) is 7.28. The monoisotopic (exact) mass is 611 g/mol. The fraction of sp³-hybridized carbons (Fsp3) is 0.371. The molecule has 5 rings (SSSR count). The zero-order valence-corrected chi connectivity index (χ0v) is 26.6. The Balaban J connectivity index is 1.46. The van der Waals surface area contributed by atoms with Crippen LogP contribution < -0.4 is 10.6 Å². The molecule has 10 heteroatoms. The van der Waals surface area contributed by atoms with Crippen LogP contribution >= 0.6 is 0 Å². The van der Waals surface area contributed by atoms with Gasteiger partial charge in [-0.25, -0.2) is 9.78 Å². The molecule has 4 N–H and O–H groups in total. The second-order valence-electron chi connectivity index (χ2n) is 12.8. The number of phenols is 1. The van der Waals surface area contributed by atoms with E-state index in [0.717, 1.165) is 38.9 Å². The van der Waals surface area contributed by atoms with E-state index in [-0.39, 0.29) is 24.6 Å². The van der Waals surface area contributed by atoms with Crippen LogP contribution in [0.15, 0.2) is 60.7 Å². The van der Waals surface area contributed by atoms with E-state index in [1.54, 1.807) is 37.8 Å². The van der Waals surface area contributed by atoms with E-state index in [2.05, 4.69) is 20.6 Å². The zero-order chi connectivity index (χ0) is 32.5. The number of alkyl carbamates (subject to hydrolysis) is 1. The molecular weight excluding hydrogens is 570 g/mol. The lowest BCUT2D eigenvalue weighted by atomic mass is 9.91. The van der Waals surface area contributed by atoms with Crippen LogP contribution in [0.3, 0.4) is 0 Å². The number of rotatable bonds is 7. The maximum absolute atomic E-state index is 14.5. The predicted molar refractivity (Wildman–Crippen MR) is 172 cm³/mol. The van der Waals surface area contributed by atoms with E-state index in [0.29, 0.717) is 12.2 Å². The number of phenolic OH excluding ortho intramolecular Hbond substituents is 1. The van der Waals surface area contributed by atoms with Crippen LogP contribution in [0.2, 0.25) is 0 Å². The van der Waals surface area contributed by atoms with Crippen LogP contribution in [-0.2, 0) is 33.7 Å². The molecule has 45 heavy (non-hydrogen) atoms. The van der Waals surface area contributed by atoms with E-state index in [1.807, 2.05) is 69.3 Å². The summed E-state index contributed by atoms with van der Waals surface area (Å²) in [5.41, 5.74) is 5.21. The molecule has 2 heterocycles. The maximum atomic E-state index is 14.5. The molecular formula is C35H41N5O5. The van der Waals surface area contributed by atoms with Crippen LogP contribution in [0.5, 0.6) is 5.75 Å². The molecule has 0 unspecified atom stereocenters. The lowest BCUT2D eigenvalue weighted by Crippen LogP contribution is -2.58. The van der Waals surface area contributed by atoms with Crippen molar-refractivity contribution in [1.82, 2.24) is 25.5 Å². The number of amides is 3. The van der Waals surface area contributed by atoms with Crippen molar-refractivity contribution in [1.29, 1.82) is 0 Å². The molecule has 0 spiro atoms. The lowest BCUT2D eigenvalue weighted by molar-refractivity contribution is -0.143. The molecule has 3 aromatic carbocycles. The minimum absolute atomic E-state index is 0.125. The highest BCUT2D eigenvalue weighted by atomic mass is 16.6. The molecule has 0 saturated heterocycles. The largest absolute Gasteiger partial charge is 0.508 e. The van der Waals surface area contributed by atoms with Gasteiger partial charge < -0.3 is 30.4 Å². The van der Waals surface area contributed by atoms with Crippen molar-refractivity contribution in [2.24, 2.45) is 0 Å². The summed E-state index contributed by atoms with van der Waals surface area (Å²) in [5, 5.41) is 16.0. The molecule has 4 aromatic rings. The van der Waals surface area contributed by atoms with Crippen molar-refractivity contribution in [2.45, 2.75) is 84.7 Å². The van der Waals surface area contributed by atoms with Gasteiger partial charge in [-0.1, -0.05) is 36.4 Å². The number of ether oxygens (including phenoxy) is 1. The topological polar surface area (TPSA) is 137 Å². The molecule has 236 valence electrons. The molecule has 0 bridgehead atoms. The Labute approximate surface area is 263 Å². The van der Waals surface area contributed by atoms with Gasteiger partial charge in [0.15, 0.2) is 0 Å². The molecule has 1 aliphatic rings. The first-order valence-corrected chi connectivity index (χ1v) is 15.2. The van der Waals surface area contributed by atoms with Crippen molar-refractivity contribution in [3.05, 3.63) is 94.3 Å². The minimum Gasteiger partial charge on any atom is -0.508 e. The number of aromatic amines is 1. The number of carbonyl (C=O) groups is 3. The third-order valence-electron chi connectivity index (χ3n) is 8.09. The molecule has 3 amide bonds. The molecule has 1 aliphatic heterocycles. The van der Waals surface area contributed by atoms with Crippen molar-refractivity contribution in [3.63, 3.8) is 0 Å². The summed E-state index contributed by atoms with van der Waals surface area (Å²) in [6.07, 6.45) is -0.263. The SMILES string of the molecule is Cc1cc(O)cc(C)c1C[C@H](NC(=O)OC(C)(C)C)C(=O)N1Cc2ccccc2C[C@H]1C(=O)N[C@H](C)c1nc2ccccc2[nH]1. The van der Waals surface area contributed by atoms with Crippen molar-refractivity contribution in [3.8, 4) is 5.75 Å². The smallest absolute Gasteiger partial charge is 0.408 e. The van der Waals surface area contributed by atoms with E-state index in [4.69, 9.17) is 4.74 Å². The van der Waals surface area contributed by atoms with Crippen molar-refractivity contribution in [2.75, 3.05) is 0 Å². The molecule has 0 saturated carbocycles. The number of aromatic hydroxyl groups is 1. The molecule has 3 atom stereocenters. The number of benzene rings is 3. The van der Waals surface area contributed by atoms with E-state index < -0.39 is 35.7 Å². The quantitative estimate of drug-likeness (QED) is 0.228. The van der Waals surface area contributed by atoms with Gasteiger partial charge in [0.2, 0.25) is 11.8 Å². The Morgan fingerprint density at radius 2 is 1.67 bits per heavy atom. The number of nitrogens with one attached hydrogen (secondary N) is 3. The van der Waals surface area contributed by atoms with Gasteiger partial charge in [0.25, 0.3) is 0 Å². The van der Waals surface area contributed by atoms with E-state index in [9.17, 15) is 19.5 Å². The number of hydrogen-bond acceptors (Lipinski definition) is 6. The number of para-hydroxylation sites is 2. The van der Waals surface area contributed by atoms with Gasteiger partial charge >= 0.3 is 6.09 Å². The first-order valence-electron chi connectivity index (χ1n) is 15.2. The van der Waals surface area contributed by atoms with Crippen molar-refractivity contribution < 1.29 is 24.2 Å². The summed E-state index contributed by atoms with van der Waals surface area (Å²) in [6, 6.07) is 16.3. The Hall–Kier alpha value is -4.86. The first kappa shape index (κ1) is 31.6. The van der Waals surface area contributed by atoms with Gasteiger partial charge in [-0.05, 0) is 93.6 Å². The maximum Gasteiger partial charge on any atom is 0.408 e. The second-order valence-corrected chi connectivity index (χ2v) is 12.8. The van der Waals surface area contributed by atoms with Gasteiger partial charge in [-0.2, -0.15) is 0 Å². The highest BCUT2D eigenvalue weighted by Gasteiger charge is 2.39. The number of aromatic nitrogens is 2. The van der Waals surface area contributed by atoms with Crippen molar-refractivity contribution >= 4 is 28.9 Å². The summed E-state index contributed by atoms with van der Waals surface area (Å²) in [6.45, 7) is 11.0. The van der Waals surface area contributed by atoms with E-state index in [1.165, 1.54) is 0 Å². The molecule has 10 nitrogen and oxygen atoms in total. The first-order chi connectivity index (χ1) is 21.3. The Morgan fingerprint density at radius 1 is 1.02 bits per heavy atom. The molecule has 0 radical (unpaired) electrons. The second kappa shape index (κ2) is 12.6. The summed E-state index contributed by atoms with van der Waals surface area (Å²) in [5.74, 6) is 0.0126. The average molecular weight is 612 g/mol. The van der Waals surface area contributed by atoms with Gasteiger partial charge in [-0.15, -0.1) is 0 Å². The summed E-state index contributed by atoms with van der Waals surface area (Å²) in [4.78, 5) is 50.9. The van der Waals surface area contributed by atoms with Crippen LogP contribution in [0.1, 0.15) is 67.4 Å². The average Bonchev–Trinajstić information content (AvgIpc) is 3.41. The number of carbonyl (C=O) groups excluding carboxylic acids is 3. The summed E-state index contributed by atoms with van der Waals surface area (Å²) >= 11 is 0. The highest BCUT2D eigenvalue weighted by molar-refractivity contribution is 5.92. The molecule has 0 aliphatic carbocycles. The number of nitrogens with zero attached hydrogens (tertiary/aromatic N) is 2. The highest BCUT2D eigenvalue weighted by Crippen LogP contribution is 2.28. The lowest BCUT2D eigenvalue weighted by Gasteiger charge is -2.38. The number of aryl methyl sites for hydroxylation is 2. The standard InChI is InChI=1S/C35H41N5O5/c1-20-15-25(41)16-21(2)26(20)18-29(39-34(44)45-35(4,5)6)33(43)40-19-24-12-8-7-11-23(24)17-30(40)32(42)36-22(3)31-37-27-13-9-10-14-28(27)38-31/h7-16,22,29-30,41H,17-19H2,1-6H3,(H,36,42)(H,37,38)(H,39,44)/t22-,29+,30+/m1/s1. The number of fused-ring (bicyclic) bond motifs is 2. The van der Waals surface area contributed by atoms with Crippen LogP contribution in [-0.4, -0.2) is 55.6 Å². The van der Waals surface area contributed by atoms with Gasteiger partial charge in [0.1, 0.15) is 29.3 Å². The number of imidazole rings is 1. The Bertz CT molecular complexity index is 1680. The minimum atomic E-state index is -1.03. The predicted octanol–water partition coefficient (Wildman–Crippen LogP) is 5.15. The zero-order valence-electron chi connectivity index (χ0n) is 26.6. The van der Waals surface area contributed by atoms with E-state index >= 15 is 0 Å². The van der Waals surface area contributed by atoms with Crippen LogP contribution in [0.4, 0.5) is 4.79 Å². The normalized spacial score (nSPS) is 16.0. The van der Waals surface area contributed by atoms with Crippen LogP contribution in [0, 0.1) is 13.8 Å². The number of hydrogen-bond donors (Lipinski definition) is 4. The Morgan fingerprint density at radius 3 is 2.33 bits per heavy atom. The molecule has 0 fully saturated rings. The van der Waals surface area contributed by atoms with Gasteiger partial charge in [-0.3, -0.25) is 9.59 Å². The van der Waals surface area contributed by atoms with Crippen LogP contribution in [0.25, 0.3) is 11.0 Å². The number of H-pyrrole nitrogens is 1. The Kier molecular flexibility index (Phi) is 8.86. The molecule has 1 aromatic heterocycles. The third-order valence-corrected chi connectivity index (χ3v) is 8.09. The summed E-state index contributed by atoms with van der Waals surface area (Å²) < 4.78 is 5.53. The van der Waals surface area contributed by atoms with Gasteiger partial charge in [0, 0.05) is 19.4 Å².